The second-order valence-electron chi connectivity index (χ2n) is 5.87. The van der Waals surface area contributed by atoms with E-state index in [1.54, 1.807) is 30.3 Å². The first-order chi connectivity index (χ1) is 13.4. The van der Waals surface area contributed by atoms with Crippen molar-refractivity contribution in [1.82, 2.24) is 9.71 Å². The van der Waals surface area contributed by atoms with E-state index < -0.39 is 22.5 Å². The normalized spacial score (nSPS) is 11.8. The predicted molar refractivity (Wildman–Crippen MR) is 109 cm³/mol. The van der Waals surface area contributed by atoms with E-state index in [-0.39, 0.29) is 11.8 Å². The minimum Gasteiger partial charge on any atom is -0.460 e. The summed E-state index contributed by atoms with van der Waals surface area (Å²) in [6.07, 6.45) is 1.44. The molecule has 0 fully saturated rings. The zero-order chi connectivity index (χ0) is 20.0. The number of hydrogen-bond acceptors (Lipinski definition) is 5. The first-order valence-electron chi connectivity index (χ1n) is 8.35. The average Bonchev–Trinajstić information content (AvgIpc) is 2.70. The largest absolute Gasteiger partial charge is 0.460 e. The minimum atomic E-state index is -3.76. The van der Waals surface area contributed by atoms with Crippen LogP contribution in [0.5, 0.6) is 0 Å². The van der Waals surface area contributed by atoms with E-state index in [1.807, 2.05) is 30.3 Å². The van der Waals surface area contributed by atoms with Gasteiger partial charge in [0.1, 0.15) is 18.3 Å². The zero-order valence-corrected chi connectivity index (χ0v) is 16.3. The Kier molecular flexibility index (Phi) is 6.41. The Morgan fingerprint density at radius 2 is 1.82 bits per heavy atom. The average molecular weight is 417 g/mol. The van der Waals surface area contributed by atoms with Crippen LogP contribution in [0.4, 0.5) is 0 Å². The van der Waals surface area contributed by atoms with Crippen LogP contribution in [0.25, 0.3) is 17.0 Å². The quantitative estimate of drug-likeness (QED) is 0.470. The predicted octanol–water partition coefficient (Wildman–Crippen LogP) is 3.52. The highest BCUT2D eigenvalue weighted by atomic mass is 35.5. The molecule has 0 saturated heterocycles. The number of nitrogens with one attached hydrogen (secondary N) is 1. The van der Waals surface area contributed by atoms with Gasteiger partial charge in [-0.15, -0.1) is 0 Å². The number of pyridine rings is 1. The summed E-state index contributed by atoms with van der Waals surface area (Å²) in [5.74, 6) is -0.721. The first kappa shape index (κ1) is 20.0. The lowest BCUT2D eigenvalue weighted by atomic mass is 10.2. The molecule has 1 N–H and O–H groups in total. The van der Waals surface area contributed by atoms with Crippen LogP contribution in [0.3, 0.4) is 0 Å². The molecule has 6 nitrogen and oxygen atoms in total. The van der Waals surface area contributed by atoms with Gasteiger partial charge >= 0.3 is 5.97 Å². The van der Waals surface area contributed by atoms with Crippen molar-refractivity contribution in [3.63, 3.8) is 0 Å². The molecule has 1 aromatic heterocycles. The van der Waals surface area contributed by atoms with Gasteiger partial charge < -0.3 is 4.74 Å². The molecule has 0 spiro atoms. The fourth-order valence-corrected chi connectivity index (χ4v) is 3.34. The molecule has 0 aliphatic heterocycles. The Hall–Kier alpha value is -2.74. The van der Waals surface area contributed by atoms with Crippen LogP contribution < -0.4 is 4.72 Å². The summed E-state index contributed by atoms with van der Waals surface area (Å²) >= 11 is 6.11. The number of carbonyl (C=O) groups is 1. The third kappa shape index (κ3) is 5.63. The van der Waals surface area contributed by atoms with E-state index in [1.165, 1.54) is 6.08 Å². The molecule has 0 saturated carbocycles. The van der Waals surface area contributed by atoms with Gasteiger partial charge in [-0.1, -0.05) is 60.1 Å². The van der Waals surface area contributed by atoms with Crippen LogP contribution >= 0.6 is 11.6 Å². The van der Waals surface area contributed by atoms with Crippen molar-refractivity contribution < 1.29 is 17.9 Å². The molecule has 3 rings (SSSR count). The third-order valence-corrected chi connectivity index (χ3v) is 5.16. The molecule has 2 aromatic carbocycles. The highest BCUT2D eigenvalue weighted by molar-refractivity contribution is 7.92. The Labute approximate surface area is 167 Å². The molecule has 0 radical (unpaired) electrons. The van der Waals surface area contributed by atoms with Gasteiger partial charge in [0, 0.05) is 16.4 Å². The molecule has 0 atom stereocenters. The lowest BCUT2D eigenvalue weighted by Crippen LogP contribution is -2.29. The van der Waals surface area contributed by atoms with Gasteiger partial charge in [0.25, 0.3) is 0 Å². The molecule has 0 amide bonds. The van der Waals surface area contributed by atoms with Gasteiger partial charge in [-0.2, -0.15) is 0 Å². The third-order valence-electron chi connectivity index (χ3n) is 3.80. The number of rotatable bonds is 7. The molecule has 0 aliphatic rings. The highest BCUT2D eigenvalue weighted by Gasteiger charge is 2.12. The van der Waals surface area contributed by atoms with Crippen LogP contribution in [0.2, 0.25) is 5.15 Å². The van der Waals surface area contributed by atoms with E-state index in [9.17, 15) is 13.2 Å². The molecule has 0 aliphatic carbocycles. The zero-order valence-electron chi connectivity index (χ0n) is 14.7. The number of hydrogen-bond donors (Lipinski definition) is 1. The number of aromatic nitrogens is 1. The Morgan fingerprint density at radius 3 is 2.61 bits per heavy atom. The van der Waals surface area contributed by atoms with Crippen LogP contribution in [-0.2, 0) is 26.2 Å². The standard InChI is InChI=1S/C20H17ClN2O4S/c21-20-17(12-16-8-4-5-9-18(16)23-20)14-27-19(24)13-22-28(25,26)11-10-15-6-2-1-3-7-15/h1-12,22H,13-14H2/b11-10+. The fourth-order valence-electron chi connectivity index (χ4n) is 2.39. The fraction of sp³-hybridized carbons (Fsp3) is 0.100. The van der Waals surface area contributed by atoms with Crippen LogP contribution in [0.15, 0.2) is 66.1 Å². The van der Waals surface area contributed by atoms with Crippen molar-refractivity contribution in [1.29, 1.82) is 0 Å². The summed E-state index contributed by atoms with van der Waals surface area (Å²) in [4.78, 5) is 16.1. The number of sulfonamides is 1. The summed E-state index contributed by atoms with van der Waals surface area (Å²) in [5.41, 5.74) is 2.01. The van der Waals surface area contributed by atoms with E-state index in [2.05, 4.69) is 9.71 Å². The van der Waals surface area contributed by atoms with Gasteiger partial charge in [-0.25, -0.2) is 18.1 Å². The second kappa shape index (κ2) is 8.97. The summed E-state index contributed by atoms with van der Waals surface area (Å²) in [7, 11) is -3.76. The monoisotopic (exact) mass is 416 g/mol. The van der Waals surface area contributed by atoms with Crippen LogP contribution in [0.1, 0.15) is 11.1 Å². The molecular weight excluding hydrogens is 400 g/mol. The number of halogens is 1. The Morgan fingerprint density at radius 1 is 1.11 bits per heavy atom. The molecular formula is C20H17ClN2O4S. The molecule has 0 bridgehead atoms. The number of fused-ring (bicyclic) bond motifs is 1. The molecule has 8 heteroatoms. The first-order valence-corrected chi connectivity index (χ1v) is 10.3. The summed E-state index contributed by atoms with van der Waals surface area (Å²) in [6.45, 7) is -0.586. The van der Waals surface area contributed by atoms with Gasteiger partial charge in [0.05, 0.1) is 5.52 Å². The molecule has 3 aromatic rings. The summed E-state index contributed by atoms with van der Waals surface area (Å²) < 4.78 is 31.2. The van der Waals surface area contributed by atoms with Gasteiger partial charge in [0.2, 0.25) is 10.0 Å². The topological polar surface area (TPSA) is 85.4 Å². The summed E-state index contributed by atoms with van der Waals surface area (Å²) in [5, 5.41) is 2.10. The molecule has 28 heavy (non-hydrogen) atoms. The van der Waals surface area contributed by atoms with Crippen LogP contribution in [-0.4, -0.2) is 25.9 Å². The number of ether oxygens (including phenoxy) is 1. The van der Waals surface area contributed by atoms with Crippen molar-refractivity contribution in [2.24, 2.45) is 0 Å². The number of nitrogens with zero attached hydrogens (tertiary/aromatic N) is 1. The minimum absolute atomic E-state index is 0.100. The lowest BCUT2D eigenvalue weighted by Gasteiger charge is -2.08. The summed E-state index contributed by atoms with van der Waals surface area (Å²) in [6, 6.07) is 18.2. The second-order valence-corrected chi connectivity index (χ2v) is 7.88. The van der Waals surface area contributed by atoms with Crippen molar-refractivity contribution in [2.75, 3.05) is 6.54 Å². The van der Waals surface area contributed by atoms with E-state index in [0.29, 0.717) is 5.56 Å². The van der Waals surface area contributed by atoms with E-state index in [0.717, 1.165) is 21.9 Å². The SMILES string of the molecule is O=C(CNS(=O)(=O)/C=C/c1ccccc1)OCc1cc2ccccc2nc1Cl. The van der Waals surface area contributed by atoms with Crippen molar-refractivity contribution in [3.8, 4) is 0 Å². The van der Waals surface area contributed by atoms with E-state index in [4.69, 9.17) is 16.3 Å². The number of carbonyl (C=O) groups excluding carboxylic acids is 1. The maximum atomic E-state index is 11.9. The molecule has 0 unspecified atom stereocenters. The Bertz CT molecular complexity index is 1120. The van der Waals surface area contributed by atoms with Crippen molar-refractivity contribution in [3.05, 3.63) is 82.4 Å². The van der Waals surface area contributed by atoms with Crippen LogP contribution in [0, 0.1) is 0 Å². The van der Waals surface area contributed by atoms with Gasteiger partial charge in [-0.05, 0) is 23.8 Å². The smallest absolute Gasteiger partial charge is 0.321 e. The maximum absolute atomic E-state index is 11.9. The lowest BCUT2D eigenvalue weighted by molar-refractivity contribution is -0.143. The molecule has 144 valence electrons. The molecule has 1 heterocycles. The van der Waals surface area contributed by atoms with Gasteiger partial charge in [-0.3, -0.25) is 4.79 Å². The van der Waals surface area contributed by atoms with Crippen molar-refractivity contribution in [2.45, 2.75) is 6.61 Å². The van der Waals surface area contributed by atoms with Crippen molar-refractivity contribution >= 4 is 44.6 Å². The Balaban J connectivity index is 1.54. The van der Waals surface area contributed by atoms with E-state index >= 15 is 0 Å². The number of esters is 1. The highest BCUT2D eigenvalue weighted by Crippen LogP contribution is 2.21. The van der Waals surface area contributed by atoms with Gasteiger partial charge in [0.15, 0.2) is 0 Å². The number of para-hydroxylation sites is 1. The maximum Gasteiger partial charge on any atom is 0.321 e. The number of benzene rings is 2.